The molecule has 3 aliphatic rings. The number of ether oxygens (including phenoxy) is 1. The van der Waals surface area contributed by atoms with Crippen molar-refractivity contribution in [3.05, 3.63) is 28.7 Å². The second-order valence-electron chi connectivity index (χ2n) is 7.88. The van der Waals surface area contributed by atoms with Gasteiger partial charge >= 0.3 is 6.03 Å². The molecule has 154 valence electrons. The highest BCUT2D eigenvalue weighted by Crippen LogP contribution is 2.44. The van der Waals surface area contributed by atoms with Gasteiger partial charge in [-0.15, -0.1) is 4.36 Å². The molecule has 0 saturated heterocycles. The number of nitrogens with two attached hydrogens (primary N) is 1. The van der Waals surface area contributed by atoms with E-state index in [-0.39, 0.29) is 4.90 Å². The number of pyridine rings is 1. The molecule has 2 amide bonds. The van der Waals surface area contributed by atoms with Crippen molar-refractivity contribution in [2.75, 3.05) is 11.9 Å². The number of hydrogen-bond acceptors (Lipinski definition) is 5. The number of rotatable bonds is 3. The fourth-order valence-corrected chi connectivity index (χ4v) is 5.18. The summed E-state index contributed by atoms with van der Waals surface area (Å²) in [4.78, 5) is 17.7. The van der Waals surface area contributed by atoms with Gasteiger partial charge in [-0.05, 0) is 50.2 Å². The number of urea groups is 1. The third-order valence-corrected chi connectivity index (χ3v) is 7.09. The van der Waals surface area contributed by atoms with E-state index < -0.39 is 15.9 Å². The van der Waals surface area contributed by atoms with E-state index in [4.69, 9.17) is 14.9 Å². The van der Waals surface area contributed by atoms with E-state index >= 15 is 0 Å². The molecule has 5 rings (SSSR count). The molecule has 3 N–H and O–H groups in total. The van der Waals surface area contributed by atoms with Gasteiger partial charge in [0.2, 0.25) is 5.88 Å². The lowest BCUT2D eigenvalue weighted by atomic mass is 10.0. The topological polar surface area (TPSA) is 124 Å². The minimum Gasteiger partial charge on any atom is -0.477 e. The highest BCUT2D eigenvalue weighted by molar-refractivity contribution is 7.91. The highest BCUT2D eigenvalue weighted by atomic mass is 32.2. The molecule has 1 fully saturated rings. The van der Waals surface area contributed by atoms with Crippen LogP contribution in [0.4, 0.5) is 10.5 Å². The summed E-state index contributed by atoms with van der Waals surface area (Å²) in [6.07, 6.45) is 7.26. The number of nitrogens with one attached hydrogen (secondary N) is 1. The van der Waals surface area contributed by atoms with E-state index in [9.17, 15) is 9.00 Å². The first-order valence-corrected chi connectivity index (χ1v) is 11.6. The van der Waals surface area contributed by atoms with Gasteiger partial charge in [-0.25, -0.2) is 18.8 Å². The summed E-state index contributed by atoms with van der Waals surface area (Å²) < 4.78 is 24.0. The summed E-state index contributed by atoms with van der Waals surface area (Å²) in [7, 11) is -3.48. The number of aromatic nitrogens is 3. The van der Waals surface area contributed by atoms with Crippen molar-refractivity contribution in [2.45, 2.75) is 62.8 Å². The number of aryl methyl sites for hydroxylation is 2. The van der Waals surface area contributed by atoms with Crippen LogP contribution in [0.1, 0.15) is 54.1 Å². The molecule has 0 spiro atoms. The number of fused-ring (bicyclic) bond motifs is 2. The first kappa shape index (κ1) is 18.6. The zero-order valence-electron chi connectivity index (χ0n) is 16.3. The van der Waals surface area contributed by atoms with Gasteiger partial charge in [-0.2, -0.15) is 5.10 Å². The predicted molar refractivity (Wildman–Crippen MR) is 107 cm³/mol. The number of anilines is 1. The molecule has 0 unspecified atom stereocenters. The molecule has 1 saturated carbocycles. The van der Waals surface area contributed by atoms with Crippen molar-refractivity contribution < 1.29 is 13.7 Å². The summed E-state index contributed by atoms with van der Waals surface area (Å²) in [5, 5.41) is 13.0. The molecule has 29 heavy (non-hydrogen) atoms. The molecule has 2 aromatic heterocycles. The van der Waals surface area contributed by atoms with Gasteiger partial charge in [0.1, 0.15) is 4.90 Å². The lowest BCUT2D eigenvalue weighted by molar-refractivity contribution is 0.224. The molecule has 2 aliphatic carbocycles. The molecule has 10 heteroatoms. The predicted octanol–water partition coefficient (Wildman–Crippen LogP) is 2.67. The Morgan fingerprint density at radius 2 is 2.21 bits per heavy atom. The summed E-state index contributed by atoms with van der Waals surface area (Å²) >= 11 is 0. The Labute approximate surface area is 169 Å². The highest BCUT2D eigenvalue weighted by Gasteiger charge is 2.31. The molecule has 2 aromatic rings. The molecule has 0 bridgehead atoms. The maximum atomic E-state index is 13.0. The monoisotopic (exact) mass is 416 g/mol. The fraction of sp³-hybridized carbons (Fsp3) is 0.526. The Bertz CT molecular complexity index is 1130. The van der Waals surface area contributed by atoms with Gasteiger partial charge < -0.3 is 10.1 Å². The normalized spacial score (nSPS) is 19.7. The summed E-state index contributed by atoms with van der Waals surface area (Å²) in [5.74, 6) is 0.806. The Morgan fingerprint density at radius 3 is 3.00 bits per heavy atom. The van der Waals surface area contributed by atoms with E-state index in [2.05, 4.69) is 14.8 Å². The minimum atomic E-state index is -3.48. The lowest BCUT2D eigenvalue weighted by Gasteiger charge is -2.17. The van der Waals surface area contributed by atoms with Crippen molar-refractivity contribution in [1.82, 2.24) is 14.8 Å². The number of hydrogen-bond donors (Lipinski definition) is 2. The van der Waals surface area contributed by atoms with Crippen LogP contribution in [-0.2, 0) is 29.3 Å². The van der Waals surface area contributed by atoms with E-state index in [0.717, 1.165) is 66.7 Å². The zero-order chi connectivity index (χ0) is 20.2. The van der Waals surface area contributed by atoms with Crippen LogP contribution >= 0.6 is 0 Å². The maximum absolute atomic E-state index is 13.0. The van der Waals surface area contributed by atoms with E-state index in [1.807, 2.05) is 6.92 Å². The van der Waals surface area contributed by atoms with Crippen molar-refractivity contribution in [1.29, 1.82) is 0 Å². The Kier molecular flexibility index (Phi) is 4.36. The van der Waals surface area contributed by atoms with Crippen LogP contribution < -0.4 is 15.2 Å². The molecule has 3 heterocycles. The summed E-state index contributed by atoms with van der Waals surface area (Å²) in [6, 6.07) is -0.724. The molecular formula is C19H24N6O3S. The molecule has 9 nitrogen and oxygen atoms in total. The van der Waals surface area contributed by atoms with Crippen LogP contribution in [0.3, 0.4) is 0 Å². The maximum Gasteiger partial charge on any atom is 0.354 e. The SMILES string of the molecule is Cc1c(C2CC2)nc2c(c1NC(=O)N=[S@](N)(=O)c1cnn3c1OCCC3)CCC2. The standard InChI is InChI=1S/C19H24N6O3S/c1-11-16(12-6-7-12)22-14-5-2-4-13(14)17(11)23-19(26)24-29(20,27)15-10-21-25-8-3-9-28-18(15)25/h10,12H,2-9H2,1H3,(H3,20,22,23,24,26,27)/t29-/m0/s1. The Hall–Kier alpha value is -2.46. The third-order valence-electron chi connectivity index (χ3n) is 5.75. The van der Waals surface area contributed by atoms with Crippen LogP contribution in [-0.4, -0.2) is 31.6 Å². The Balaban J connectivity index is 1.48. The first-order valence-electron chi connectivity index (χ1n) is 10.0. The molecular weight excluding hydrogens is 392 g/mol. The third kappa shape index (κ3) is 3.29. The van der Waals surface area contributed by atoms with Crippen LogP contribution in [0.25, 0.3) is 0 Å². The quantitative estimate of drug-likeness (QED) is 0.796. The van der Waals surface area contributed by atoms with Crippen LogP contribution in [0.2, 0.25) is 0 Å². The van der Waals surface area contributed by atoms with Gasteiger partial charge in [0.25, 0.3) is 0 Å². The molecule has 1 aliphatic heterocycles. The number of nitrogens with zero attached hydrogens (tertiary/aromatic N) is 4. The van der Waals surface area contributed by atoms with Gasteiger partial charge in [0, 0.05) is 30.3 Å². The molecule has 1 atom stereocenters. The summed E-state index contributed by atoms with van der Waals surface area (Å²) in [6.45, 7) is 3.13. The van der Waals surface area contributed by atoms with E-state index in [1.54, 1.807) is 4.68 Å². The van der Waals surface area contributed by atoms with Gasteiger partial charge in [0.05, 0.1) is 18.5 Å². The second-order valence-corrected chi connectivity index (χ2v) is 9.64. The average molecular weight is 417 g/mol. The number of carbonyl (C=O) groups excluding carboxylic acids is 1. The van der Waals surface area contributed by atoms with E-state index in [0.29, 0.717) is 24.9 Å². The first-order chi connectivity index (χ1) is 13.9. The fourth-order valence-electron chi connectivity index (χ4n) is 4.18. The number of carbonyl (C=O) groups is 1. The summed E-state index contributed by atoms with van der Waals surface area (Å²) in [5.41, 5.74) is 4.91. The van der Waals surface area contributed by atoms with Gasteiger partial charge in [-0.3, -0.25) is 4.98 Å². The van der Waals surface area contributed by atoms with Crippen molar-refractivity contribution in [3.63, 3.8) is 0 Å². The van der Waals surface area contributed by atoms with Crippen molar-refractivity contribution in [2.24, 2.45) is 9.50 Å². The second kappa shape index (κ2) is 6.81. The lowest BCUT2D eigenvalue weighted by Crippen LogP contribution is -2.21. The molecule has 0 radical (unpaired) electrons. The van der Waals surface area contributed by atoms with Gasteiger partial charge in [0.15, 0.2) is 9.92 Å². The van der Waals surface area contributed by atoms with Crippen LogP contribution in [0.15, 0.2) is 15.5 Å². The zero-order valence-corrected chi connectivity index (χ0v) is 17.1. The minimum absolute atomic E-state index is 0.155. The van der Waals surface area contributed by atoms with Gasteiger partial charge in [-0.1, -0.05) is 0 Å². The smallest absolute Gasteiger partial charge is 0.354 e. The largest absolute Gasteiger partial charge is 0.477 e. The van der Waals surface area contributed by atoms with Crippen LogP contribution in [0, 0.1) is 6.92 Å². The number of amides is 2. The van der Waals surface area contributed by atoms with Crippen LogP contribution in [0.5, 0.6) is 5.88 Å². The molecule has 0 aromatic carbocycles. The average Bonchev–Trinajstić information content (AvgIpc) is 3.24. The van der Waals surface area contributed by atoms with Crippen molar-refractivity contribution in [3.8, 4) is 5.88 Å². The Morgan fingerprint density at radius 1 is 1.38 bits per heavy atom. The van der Waals surface area contributed by atoms with E-state index in [1.165, 1.54) is 6.20 Å². The van der Waals surface area contributed by atoms with Crippen molar-refractivity contribution >= 4 is 21.6 Å².